The topological polar surface area (TPSA) is 60.9 Å². The Kier molecular flexibility index (Phi) is 4.20. The van der Waals surface area contributed by atoms with Gasteiger partial charge in [0.25, 0.3) is 5.56 Å². The number of aryl methyl sites for hydroxylation is 3. The van der Waals surface area contributed by atoms with Crippen LogP contribution in [0.5, 0.6) is 0 Å². The summed E-state index contributed by atoms with van der Waals surface area (Å²) in [5, 5.41) is 6.66. The molecule has 4 aromatic rings. The van der Waals surface area contributed by atoms with Crippen LogP contribution in [-0.4, -0.2) is 14.7 Å². The van der Waals surface area contributed by atoms with E-state index in [9.17, 15) is 4.79 Å². The van der Waals surface area contributed by atoms with Crippen LogP contribution in [0.4, 0.5) is 0 Å². The lowest BCUT2D eigenvalue weighted by Crippen LogP contribution is -2.21. The molecule has 0 atom stereocenters. The molecule has 0 bridgehead atoms. The number of fused-ring (bicyclic) bond motifs is 1. The van der Waals surface area contributed by atoms with Crippen molar-refractivity contribution < 1.29 is 4.52 Å². The normalized spacial score (nSPS) is 11.3. The summed E-state index contributed by atoms with van der Waals surface area (Å²) in [4.78, 5) is 18.4. The van der Waals surface area contributed by atoms with Crippen LogP contribution in [0.25, 0.3) is 21.3 Å². The van der Waals surface area contributed by atoms with Crippen LogP contribution in [0.3, 0.4) is 0 Å². The van der Waals surface area contributed by atoms with Gasteiger partial charge in [-0.3, -0.25) is 9.36 Å². The van der Waals surface area contributed by atoms with Crippen LogP contribution in [0.15, 0.2) is 45.3 Å². The molecule has 0 radical (unpaired) electrons. The lowest BCUT2D eigenvalue weighted by atomic mass is 10.0. The first-order valence-corrected chi connectivity index (χ1v) is 9.44. The zero-order chi connectivity index (χ0) is 18.3. The van der Waals surface area contributed by atoms with Crippen molar-refractivity contribution in [1.29, 1.82) is 0 Å². The summed E-state index contributed by atoms with van der Waals surface area (Å²) >= 11 is 1.50. The van der Waals surface area contributed by atoms with Gasteiger partial charge in [-0.25, -0.2) is 4.98 Å². The standard InChI is InChI=1S/C20H19N3O2S/c1-4-14-5-7-15(8-6-14)17-10-26-19-18(17)20(24)23(11-21-19)9-16-12(2)22-25-13(16)3/h5-8,10-11H,4,9H2,1-3H3. The number of aromatic nitrogens is 3. The van der Waals surface area contributed by atoms with E-state index in [-0.39, 0.29) is 5.56 Å². The van der Waals surface area contributed by atoms with Crippen LogP contribution in [0.1, 0.15) is 29.5 Å². The summed E-state index contributed by atoms with van der Waals surface area (Å²) in [7, 11) is 0. The highest BCUT2D eigenvalue weighted by atomic mass is 32.1. The van der Waals surface area contributed by atoms with Crippen molar-refractivity contribution in [3.05, 3.63) is 68.9 Å². The summed E-state index contributed by atoms with van der Waals surface area (Å²) < 4.78 is 6.84. The molecule has 6 heteroatoms. The molecule has 0 saturated carbocycles. The predicted molar refractivity (Wildman–Crippen MR) is 104 cm³/mol. The molecular formula is C20H19N3O2S. The minimum absolute atomic E-state index is 0.0363. The van der Waals surface area contributed by atoms with Crippen molar-refractivity contribution in [2.24, 2.45) is 0 Å². The van der Waals surface area contributed by atoms with Crippen molar-refractivity contribution in [1.82, 2.24) is 14.7 Å². The number of hydrogen-bond donors (Lipinski definition) is 0. The molecule has 132 valence electrons. The molecule has 0 aliphatic heterocycles. The first-order chi connectivity index (χ1) is 12.6. The largest absolute Gasteiger partial charge is 0.361 e. The van der Waals surface area contributed by atoms with Gasteiger partial charge in [0.15, 0.2) is 0 Å². The maximum absolute atomic E-state index is 13.1. The van der Waals surface area contributed by atoms with Gasteiger partial charge in [-0.2, -0.15) is 0 Å². The second-order valence-electron chi connectivity index (χ2n) is 6.36. The maximum atomic E-state index is 13.1. The van der Waals surface area contributed by atoms with Gasteiger partial charge in [-0.15, -0.1) is 11.3 Å². The molecule has 4 rings (SSSR count). The number of nitrogens with zero attached hydrogens (tertiary/aromatic N) is 3. The Bertz CT molecular complexity index is 1120. The van der Waals surface area contributed by atoms with Crippen LogP contribution in [0, 0.1) is 13.8 Å². The van der Waals surface area contributed by atoms with Crippen molar-refractivity contribution in [3.63, 3.8) is 0 Å². The van der Waals surface area contributed by atoms with Gasteiger partial charge in [0.2, 0.25) is 0 Å². The Balaban J connectivity index is 1.83. The van der Waals surface area contributed by atoms with Gasteiger partial charge in [0.05, 0.1) is 24.0 Å². The molecule has 0 amide bonds. The monoisotopic (exact) mass is 365 g/mol. The molecule has 26 heavy (non-hydrogen) atoms. The smallest absolute Gasteiger partial charge is 0.263 e. The third-order valence-electron chi connectivity index (χ3n) is 4.74. The summed E-state index contributed by atoms with van der Waals surface area (Å²) in [6.45, 7) is 6.28. The molecule has 0 aliphatic carbocycles. The second-order valence-corrected chi connectivity index (χ2v) is 7.22. The predicted octanol–water partition coefficient (Wildman–Crippen LogP) is 4.34. The highest BCUT2D eigenvalue weighted by Gasteiger charge is 2.16. The molecule has 5 nitrogen and oxygen atoms in total. The highest BCUT2D eigenvalue weighted by Crippen LogP contribution is 2.31. The molecule has 1 aromatic carbocycles. The Morgan fingerprint density at radius 3 is 2.62 bits per heavy atom. The van der Waals surface area contributed by atoms with E-state index >= 15 is 0 Å². The molecule has 0 unspecified atom stereocenters. The van der Waals surface area contributed by atoms with Gasteiger partial charge >= 0.3 is 0 Å². The fraction of sp³-hybridized carbons (Fsp3) is 0.250. The molecule has 0 saturated heterocycles. The molecule has 3 heterocycles. The average molecular weight is 365 g/mol. The fourth-order valence-electron chi connectivity index (χ4n) is 3.11. The van der Waals surface area contributed by atoms with E-state index in [0.29, 0.717) is 11.9 Å². The average Bonchev–Trinajstić information content (AvgIpc) is 3.23. The number of benzene rings is 1. The fourth-order valence-corrected chi connectivity index (χ4v) is 4.02. The summed E-state index contributed by atoms with van der Waals surface area (Å²) in [6, 6.07) is 8.37. The first-order valence-electron chi connectivity index (χ1n) is 8.56. The van der Waals surface area contributed by atoms with Crippen molar-refractivity contribution in [2.75, 3.05) is 0 Å². The van der Waals surface area contributed by atoms with E-state index in [1.807, 2.05) is 19.2 Å². The van der Waals surface area contributed by atoms with E-state index in [1.54, 1.807) is 10.9 Å². The first kappa shape index (κ1) is 16.7. The minimum Gasteiger partial charge on any atom is -0.361 e. The Labute approximate surface area is 154 Å². The highest BCUT2D eigenvalue weighted by molar-refractivity contribution is 7.17. The lowest BCUT2D eigenvalue weighted by molar-refractivity contribution is 0.392. The van der Waals surface area contributed by atoms with Crippen LogP contribution in [-0.2, 0) is 13.0 Å². The van der Waals surface area contributed by atoms with Crippen LogP contribution in [0.2, 0.25) is 0 Å². The Morgan fingerprint density at radius 2 is 1.96 bits per heavy atom. The zero-order valence-corrected chi connectivity index (χ0v) is 15.8. The Morgan fingerprint density at radius 1 is 1.19 bits per heavy atom. The summed E-state index contributed by atoms with van der Waals surface area (Å²) in [5.41, 5.74) is 4.96. The Hall–Kier alpha value is -2.73. The summed E-state index contributed by atoms with van der Waals surface area (Å²) in [5.74, 6) is 0.732. The third kappa shape index (κ3) is 2.76. The molecule has 3 aromatic heterocycles. The maximum Gasteiger partial charge on any atom is 0.263 e. The SMILES string of the molecule is CCc1ccc(-c2csc3ncn(Cc4c(C)noc4C)c(=O)c23)cc1. The number of thiophene rings is 1. The quantitative estimate of drug-likeness (QED) is 0.540. The van der Waals surface area contributed by atoms with Crippen LogP contribution >= 0.6 is 11.3 Å². The van der Waals surface area contributed by atoms with Gasteiger partial charge < -0.3 is 4.52 Å². The lowest BCUT2D eigenvalue weighted by Gasteiger charge is -2.06. The van der Waals surface area contributed by atoms with E-state index in [4.69, 9.17) is 4.52 Å². The minimum atomic E-state index is -0.0363. The third-order valence-corrected chi connectivity index (χ3v) is 5.63. The second kappa shape index (κ2) is 6.53. The zero-order valence-electron chi connectivity index (χ0n) is 14.9. The van der Waals surface area contributed by atoms with E-state index in [1.165, 1.54) is 16.9 Å². The van der Waals surface area contributed by atoms with E-state index in [2.05, 4.69) is 41.3 Å². The molecule has 0 fully saturated rings. The molecule has 0 spiro atoms. The molecular weight excluding hydrogens is 346 g/mol. The van der Waals surface area contributed by atoms with E-state index < -0.39 is 0 Å². The van der Waals surface area contributed by atoms with Crippen molar-refractivity contribution in [3.8, 4) is 11.1 Å². The molecule has 0 aliphatic rings. The van der Waals surface area contributed by atoms with Crippen molar-refractivity contribution >= 4 is 21.6 Å². The van der Waals surface area contributed by atoms with E-state index in [0.717, 1.165) is 39.4 Å². The number of hydrogen-bond acceptors (Lipinski definition) is 5. The van der Waals surface area contributed by atoms with Gasteiger partial charge in [-0.05, 0) is 31.4 Å². The van der Waals surface area contributed by atoms with Gasteiger partial charge in [-0.1, -0.05) is 36.3 Å². The van der Waals surface area contributed by atoms with Gasteiger partial charge in [0, 0.05) is 16.5 Å². The molecule has 0 N–H and O–H groups in total. The van der Waals surface area contributed by atoms with Crippen molar-refractivity contribution in [2.45, 2.75) is 33.7 Å². The van der Waals surface area contributed by atoms with Crippen LogP contribution < -0.4 is 5.56 Å². The number of rotatable bonds is 4. The summed E-state index contributed by atoms with van der Waals surface area (Å²) in [6.07, 6.45) is 2.60. The van der Waals surface area contributed by atoms with Gasteiger partial charge in [0.1, 0.15) is 10.6 Å².